The molecule has 0 spiro atoms. The van der Waals surface area contributed by atoms with E-state index in [1.54, 1.807) is 25.3 Å². The first-order valence-corrected chi connectivity index (χ1v) is 4.47. The average molecular weight is 195 g/mol. The van der Waals surface area contributed by atoms with Gasteiger partial charge in [-0.3, -0.25) is 4.79 Å². The van der Waals surface area contributed by atoms with Crippen molar-refractivity contribution in [2.45, 2.75) is 19.8 Å². The summed E-state index contributed by atoms with van der Waals surface area (Å²) in [6, 6.07) is 3.42. The molecular formula is C10H13NO3. The lowest BCUT2D eigenvalue weighted by molar-refractivity contribution is -0.138. The summed E-state index contributed by atoms with van der Waals surface area (Å²) >= 11 is 0. The van der Waals surface area contributed by atoms with Crippen LogP contribution in [-0.2, 0) is 4.79 Å². The molecule has 0 aliphatic heterocycles. The number of carboxylic acids is 1. The molecule has 1 unspecified atom stereocenters. The molecule has 0 saturated carbocycles. The maximum atomic E-state index is 10.8. The predicted molar refractivity (Wildman–Crippen MR) is 51.5 cm³/mol. The number of pyridine rings is 1. The highest BCUT2D eigenvalue weighted by atomic mass is 16.5. The average Bonchev–Trinajstić information content (AvgIpc) is 2.18. The molecule has 0 bridgehead atoms. The van der Waals surface area contributed by atoms with Gasteiger partial charge < -0.3 is 9.84 Å². The van der Waals surface area contributed by atoms with Crippen molar-refractivity contribution in [2.24, 2.45) is 0 Å². The first-order chi connectivity index (χ1) is 6.66. The maximum Gasteiger partial charge on any atom is 0.310 e. The lowest BCUT2D eigenvalue weighted by Gasteiger charge is -2.11. The van der Waals surface area contributed by atoms with Crippen molar-refractivity contribution in [3.8, 4) is 5.88 Å². The lowest BCUT2D eigenvalue weighted by atomic mass is 10.0. The Labute approximate surface area is 82.5 Å². The summed E-state index contributed by atoms with van der Waals surface area (Å²) < 4.78 is 5.23. The van der Waals surface area contributed by atoms with Gasteiger partial charge >= 0.3 is 5.97 Å². The Balaban J connectivity index is 3.00. The first-order valence-electron chi connectivity index (χ1n) is 4.47. The lowest BCUT2D eigenvalue weighted by Crippen LogP contribution is -2.10. The Kier molecular flexibility index (Phi) is 3.45. The number of hydrogen-bond donors (Lipinski definition) is 1. The van der Waals surface area contributed by atoms with Gasteiger partial charge in [-0.1, -0.05) is 6.07 Å². The van der Waals surface area contributed by atoms with Gasteiger partial charge in [-0.25, -0.2) is 4.98 Å². The minimum Gasteiger partial charge on any atom is -0.481 e. The quantitative estimate of drug-likeness (QED) is 0.793. The summed E-state index contributed by atoms with van der Waals surface area (Å²) in [5, 5.41) is 8.84. The summed E-state index contributed by atoms with van der Waals surface area (Å²) in [6.07, 6.45) is 1.59. The van der Waals surface area contributed by atoms with Crippen LogP contribution in [0.1, 0.15) is 25.3 Å². The molecule has 0 fully saturated rings. The number of ether oxygens (including phenoxy) is 1. The topological polar surface area (TPSA) is 59.4 Å². The summed E-state index contributed by atoms with van der Waals surface area (Å²) in [7, 11) is 0. The maximum absolute atomic E-state index is 10.8. The number of carboxylic acid groups (broad SMARTS) is 1. The number of rotatable bonds is 4. The molecule has 14 heavy (non-hydrogen) atoms. The zero-order chi connectivity index (χ0) is 10.6. The van der Waals surface area contributed by atoms with Crippen LogP contribution in [0, 0.1) is 0 Å². The smallest absolute Gasteiger partial charge is 0.310 e. The SMILES string of the molecule is CCOc1ncccc1C(C)C(=O)O. The Morgan fingerprint density at radius 2 is 2.43 bits per heavy atom. The monoisotopic (exact) mass is 195 g/mol. The van der Waals surface area contributed by atoms with Crippen LogP contribution in [0.4, 0.5) is 0 Å². The number of carbonyl (C=O) groups is 1. The van der Waals surface area contributed by atoms with Crippen molar-refractivity contribution in [3.05, 3.63) is 23.9 Å². The fourth-order valence-electron chi connectivity index (χ4n) is 1.12. The Morgan fingerprint density at radius 1 is 1.71 bits per heavy atom. The first kappa shape index (κ1) is 10.5. The third kappa shape index (κ3) is 2.22. The van der Waals surface area contributed by atoms with Crippen molar-refractivity contribution in [1.29, 1.82) is 0 Å². The van der Waals surface area contributed by atoms with E-state index in [-0.39, 0.29) is 0 Å². The highest BCUT2D eigenvalue weighted by Gasteiger charge is 2.18. The minimum atomic E-state index is -0.876. The molecule has 1 atom stereocenters. The molecular weight excluding hydrogens is 182 g/mol. The van der Waals surface area contributed by atoms with Gasteiger partial charge in [0.25, 0.3) is 0 Å². The van der Waals surface area contributed by atoms with Gasteiger partial charge in [-0.2, -0.15) is 0 Å². The molecule has 0 saturated heterocycles. The molecule has 1 aromatic rings. The van der Waals surface area contributed by atoms with E-state index in [1.165, 1.54) is 0 Å². The van der Waals surface area contributed by atoms with Crippen LogP contribution in [-0.4, -0.2) is 22.7 Å². The molecule has 0 amide bonds. The van der Waals surface area contributed by atoms with Crippen LogP contribution in [0.5, 0.6) is 5.88 Å². The minimum absolute atomic E-state index is 0.407. The van der Waals surface area contributed by atoms with Gasteiger partial charge in [-0.15, -0.1) is 0 Å². The van der Waals surface area contributed by atoms with Crippen molar-refractivity contribution in [2.75, 3.05) is 6.61 Å². The summed E-state index contributed by atoms with van der Waals surface area (Å²) in [6.45, 7) is 3.93. The van der Waals surface area contributed by atoms with Crippen LogP contribution in [0.2, 0.25) is 0 Å². The van der Waals surface area contributed by atoms with E-state index in [0.29, 0.717) is 18.1 Å². The fourth-order valence-corrected chi connectivity index (χ4v) is 1.12. The van der Waals surface area contributed by atoms with Crippen LogP contribution >= 0.6 is 0 Å². The molecule has 1 heterocycles. The fraction of sp³-hybridized carbons (Fsp3) is 0.400. The Hall–Kier alpha value is -1.58. The van der Waals surface area contributed by atoms with Crippen molar-refractivity contribution in [1.82, 2.24) is 4.98 Å². The number of hydrogen-bond acceptors (Lipinski definition) is 3. The van der Waals surface area contributed by atoms with Gasteiger partial charge in [0.15, 0.2) is 0 Å². The number of aliphatic carboxylic acids is 1. The largest absolute Gasteiger partial charge is 0.481 e. The second-order valence-corrected chi connectivity index (χ2v) is 2.89. The van der Waals surface area contributed by atoms with Crippen molar-refractivity contribution in [3.63, 3.8) is 0 Å². The van der Waals surface area contributed by atoms with E-state index in [9.17, 15) is 4.79 Å². The Morgan fingerprint density at radius 3 is 3.00 bits per heavy atom. The standard InChI is InChI=1S/C10H13NO3/c1-3-14-9-8(5-4-6-11-9)7(2)10(12)13/h4-7H,3H2,1-2H3,(H,12,13). The normalized spacial score (nSPS) is 12.1. The van der Waals surface area contributed by atoms with E-state index in [4.69, 9.17) is 9.84 Å². The van der Waals surface area contributed by atoms with Gasteiger partial charge in [0, 0.05) is 11.8 Å². The molecule has 4 nitrogen and oxygen atoms in total. The molecule has 1 aromatic heterocycles. The summed E-state index contributed by atoms with van der Waals surface area (Å²) in [5.74, 6) is -1.06. The molecule has 1 N–H and O–H groups in total. The van der Waals surface area contributed by atoms with Crippen molar-refractivity contribution >= 4 is 5.97 Å². The summed E-state index contributed by atoms with van der Waals surface area (Å²) in [5.41, 5.74) is 0.613. The molecule has 4 heteroatoms. The molecule has 0 radical (unpaired) electrons. The van der Waals surface area contributed by atoms with Crippen LogP contribution < -0.4 is 4.74 Å². The van der Waals surface area contributed by atoms with Gasteiger partial charge in [-0.05, 0) is 19.9 Å². The zero-order valence-electron chi connectivity index (χ0n) is 8.23. The van der Waals surface area contributed by atoms with Gasteiger partial charge in [0.2, 0.25) is 5.88 Å². The predicted octanol–water partition coefficient (Wildman–Crippen LogP) is 1.67. The Bertz CT molecular complexity index is 325. The van der Waals surface area contributed by atoms with E-state index in [0.717, 1.165) is 0 Å². The number of aromatic nitrogens is 1. The third-order valence-electron chi connectivity index (χ3n) is 1.92. The van der Waals surface area contributed by atoms with E-state index in [2.05, 4.69) is 4.98 Å². The van der Waals surface area contributed by atoms with Crippen LogP contribution in [0.15, 0.2) is 18.3 Å². The molecule has 76 valence electrons. The van der Waals surface area contributed by atoms with Crippen molar-refractivity contribution < 1.29 is 14.6 Å². The molecule has 0 aromatic carbocycles. The molecule has 0 aliphatic carbocycles. The van der Waals surface area contributed by atoms with Crippen LogP contribution in [0.25, 0.3) is 0 Å². The highest BCUT2D eigenvalue weighted by molar-refractivity contribution is 5.76. The third-order valence-corrected chi connectivity index (χ3v) is 1.92. The second kappa shape index (κ2) is 4.60. The highest BCUT2D eigenvalue weighted by Crippen LogP contribution is 2.23. The van der Waals surface area contributed by atoms with Gasteiger partial charge in [0.05, 0.1) is 12.5 Å². The summed E-state index contributed by atoms with van der Waals surface area (Å²) in [4.78, 5) is 14.8. The molecule has 1 rings (SSSR count). The molecule has 0 aliphatic rings. The van der Waals surface area contributed by atoms with E-state index in [1.807, 2.05) is 6.92 Å². The number of nitrogens with zero attached hydrogens (tertiary/aromatic N) is 1. The zero-order valence-corrected chi connectivity index (χ0v) is 8.23. The van der Waals surface area contributed by atoms with Crippen LogP contribution in [0.3, 0.4) is 0 Å². The van der Waals surface area contributed by atoms with Gasteiger partial charge in [0.1, 0.15) is 0 Å². The van der Waals surface area contributed by atoms with E-state index >= 15 is 0 Å². The van der Waals surface area contributed by atoms with E-state index < -0.39 is 11.9 Å². The second-order valence-electron chi connectivity index (χ2n) is 2.89.